The minimum Gasteiger partial charge on any atom is -0.298 e. The zero-order valence-corrected chi connectivity index (χ0v) is 17.5. The van der Waals surface area contributed by atoms with Gasteiger partial charge in [0, 0.05) is 21.9 Å². The zero-order valence-electron chi connectivity index (χ0n) is 15.0. The van der Waals surface area contributed by atoms with Crippen LogP contribution in [0.15, 0.2) is 46.7 Å². The van der Waals surface area contributed by atoms with E-state index in [2.05, 4.69) is 15.0 Å². The molecule has 0 saturated heterocycles. The molecule has 2 aromatic heterocycles. The number of thiophene rings is 1. The third-order valence-electron chi connectivity index (χ3n) is 3.54. The number of aryl methyl sites for hydroxylation is 1. The van der Waals surface area contributed by atoms with E-state index in [-0.39, 0.29) is 16.8 Å². The van der Waals surface area contributed by atoms with Crippen molar-refractivity contribution in [3.63, 3.8) is 0 Å². The minimum atomic E-state index is -3.58. The molecule has 0 aliphatic rings. The Labute approximate surface area is 166 Å². The van der Waals surface area contributed by atoms with Crippen LogP contribution in [0.2, 0.25) is 0 Å². The first-order valence-corrected chi connectivity index (χ1v) is 11.4. The predicted octanol–water partition coefficient (Wildman–Crippen LogP) is 4.12. The molecule has 0 spiro atoms. The van der Waals surface area contributed by atoms with Crippen LogP contribution in [0.25, 0.3) is 10.6 Å². The van der Waals surface area contributed by atoms with E-state index in [0.29, 0.717) is 10.7 Å². The highest BCUT2D eigenvalue weighted by molar-refractivity contribution is 7.89. The summed E-state index contributed by atoms with van der Waals surface area (Å²) in [5, 5.41) is 5.15. The van der Waals surface area contributed by atoms with Gasteiger partial charge in [0.15, 0.2) is 5.13 Å². The van der Waals surface area contributed by atoms with E-state index in [1.165, 1.54) is 40.5 Å². The second kappa shape index (κ2) is 7.89. The van der Waals surface area contributed by atoms with Gasteiger partial charge in [0.2, 0.25) is 10.0 Å². The van der Waals surface area contributed by atoms with Gasteiger partial charge in [-0.2, -0.15) is 0 Å². The summed E-state index contributed by atoms with van der Waals surface area (Å²) >= 11 is 2.99. The van der Waals surface area contributed by atoms with Gasteiger partial charge in [-0.1, -0.05) is 0 Å². The van der Waals surface area contributed by atoms with Crippen molar-refractivity contribution in [1.82, 2.24) is 9.71 Å². The van der Waals surface area contributed by atoms with Crippen LogP contribution in [-0.4, -0.2) is 25.4 Å². The molecule has 0 fully saturated rings. The zero-order chi connectivity index (χ0) is 19.6. The summed E-state index contributed by atoms with van der Waals surface area (Å²) in [6.45, 7) is 5.53. The Bertz CT molecular complexity index is 1050. The lowest BCUT2D eigenvalue weighted by atomic mass is 10.2. The number of carbonyl (C=O) groups excluding carboxylic acids is 1. The Hall–Kier alpha value is -2.07. The molecule has 1 amide bonds. The van der Waals surface area contributed by atoms with E-state index >= 15 is 0 Å². The van der Waals surface area contributed by atoms with Crippen molar-refractivity contribution in [2.45, 2.75) is 31.7 Å². The van der Waals surface area contributed by atoms with Crippen molar-refractivity contribution in [2.75, 3.05) is 5.32 Å². The molecule has 2 heterocycles. The quantitative estimate of drug-likeness (QED) is 0.627. The maximum absolute atomic E-state index is 12.4. The Kier molecular flexibility index (Phi) is 5.75. The molecule has 2 N–H and O–H groups in total. The van der Waals surface area contributed by atoms with Crippen molar-refractivity contribution in [3.8, 4) is 10.6 Å². The van der Waals surface area contributed by atoms with Gasteiger partial charge in [0.05, 0.1) is 15.5 Å². The molecule has 0 bridgehead atoms. The van der Waals surface area contributed by atoms with Gasteiger partial charge in [0.1, 0.15) is 0 Å². The molecule has 0 atom stereocenters. The summed E-state index contributed by atoms with van der Waals surface area (Å²) in [5.41, 5.74) is 1.19. The maximum atomic E-state index is 12.4. The van der Waals surface area contributed by atoms with Crippen molar-refractivity contribution >= 4 is 43.7 Å². The minimum absolute atomic E-state index is 0.123. The molecule has 0 unspecified atom stereocenters. The fourth-order valence-electron chi connectivity index (χ4n) is 2.35. The topological polar surface area (TPSA) is 88.2 Å². The van der Waals surface area contributed by atoms with Crippen LogP contribution in [0.3, 0.4) is 0 Å². The van der Waals surface area contributed by atoms with Crippen molar-refractivity contribution in [2.24, 2.45) is 0 Å². The molecular weight excluding hydrogens is 402 g/mol. The highest BCUT2D eigenvalue weighted by Gasteiger charge is 2.16. The Balaban J connectivity index is 1.71. The lowest BCUT2D eigenvalue weighted by Crippen LogP contribution is -2.30. The average molecular weight is 422 g/mol. The maximum Gasteiger partial charge on any atom is 0.257 e. The molecule has 3 rings (SSSR count). The van der Waals surface area contributed by atoms with Gasteiger partial charge in [-0.3, -0.25) is 10.1 Å². The molecular formula is C18H19N3O3S3. The fourth-order valence-corrected chi connectivity index (χ4v) is 5.21. The number of nitrogens with one attached hydrogen (secondary N) is 2. The standard InChI is InChI=1S/C18H19N3O3S3/c1-11(2)21-27(23,24)14-7-5-13(6-8-14)17(22)20-18-19-15(10-25-18)16-9-4-12(3)26-16/h4-11,21H,1-3H3,(H,19,20,22). The summed E-state index contributed by atoms with van der Waals surface area (Å²) in [4.78, 5) is 19.2. The highest BCUT2D eigenvalue weighted by atomic mass is 32.2. The Morgan fingerprint density at radius 1 is 1.11 bits per heavy atom. The van der Waals surface area contributed by atoms with Crippen molar-refractivity contribution in [1.29, 1.82) is 0 Å². The number of anilines is 1. The second-order valence-electron chi connectivity index (χ2n) is 6.20. The molecule has 142 valence electrons. The molecule has 3 aromatic rings. The van der Waals surface area contributed by atoms with E-state index in [9.17, 15) is 13.2 Å². The predicted molar refractivity (Wildman–Crippen MR) is 110 cm³/mol. The van der Waals surface area contributed by atoms with Crippen LogP contribution >= 0.6 is 22.7 Å². The monoisotopic (exact) mass is 421 g/mol. The highest BCUT2D eigenvalue weighted by Crippen LogP contribution is 2.30. The molecule has 0 aliphatic carbocycles. The van der Waals surface area contributed by atoms with Crippen LogP contribution in [0, 0.1) is 6.92 Å². The summed E-state index contributed by atoms with van der Waals surface area (Å²) < 4.78 is 26.8. The number of nitrogens with zero attached hydrogens (tertiary/aromatic N) is 1. The molecule has 0 saturated carbocycles. The van der Waals surface area contributed by atoms with Crippen molar-refractivity contribution in [3.05, 3.63) is 52.2 Å². The number of rotatable bonds is 6. The van der Waals surface area contributed by atoms with E-state index < -0.39 is 10.0 Å². The lowest BCUT2D eigenvalue weighted by Gasteiger charge is -2.10. The molecule has 1 aromatic carbocycles. The number of benzene rings is 1. The third kappa shape index (κ3) is 4.81. The first-order chi connectivity index (χ1) is 12.7. The van der Waals surface area contributed by atoms with Gasteiger partial charge >= 0.3 is 0 Å². The molecule has 0 radical (unpaired) electrons. The molecule has 0 aliphatic heterocycles. The SMILES string of the molecule is Cc1ccc(-c2csc(NC(=O)c3ccc(S(=O)(=O)NC(C)C)cc3)n2)s1. The summed E-state index contributed by atoms with van der Waals surface area (Å²) in [5.74, 6) is -0.334. The normalized spacial score (nSPS) is 11.7. The molecule has 27 heavy (non-hydrogen) atoms. The number of carbonyl (C=O) groups is 1. The van der Waals surface area contributed by atoms with Crippen LogP contribution in [-0.2, 0) is 10.0 Å². The van der Waals surface area contributed by atoms with Crippen LogP contribution in [0.5, 0.6) is 0 Å². The molecule has 9 heteroatoms. The van der Waals surface area contributed by atoms with Gasteiger partial charge in [-0.15, -0.1) is 22.7 Å². The third-order valence-corrected chi connectivity index (χ3v) is 6.99. The Morgan fingerprint density at radius 2 is 1.81 bits per heavy atom. The smallest absolute Gasteiger partial charge is 0.257 e. The Morgan fingerprint density at radius 3 is 2.41 bits per heavy atom. The summed E-state index contributed by atoms with van der Waals surface area (Å²) in [6, 6.07) is 9.64. The van der Waals surface area contributed by atoms with Gasteiger partial charge in [-0.25, -0.2) is 18.1 Å². The average Bonchev–Trinajstić information content (AvgIpc) is 3.22. The van der Waals surface area contributed by atoms with Gasteiger partial charge in [-0.05, 0) is 57.2 Å². The van der Waals surface area contributed by atoms with E-state index in [4.69, 9.17) is 0 Å². The largest absolute Gasteiger partial charge is 0.298 e. The van der Waals surface area contributed by atoms with E-state index in [0.717, 1.165) is 10.6 Å². The van der Waals surface area contributed by atoms with Gasteiger partial charge < -0.3 is 0 Å². The number of hydrogen-bond donors (Lipinski definition) is 2. The van der Waals surface area contributed by atoms with Crippen molar-refractivity contribution < 1.29 is 13.2 Å². The van der Waals surface area contributed by atoms with E-state index in [1.807, 2.05) is 24.4 Å². The van der Waals surface area contributed by atoms with E-state index in [1.54, 1.807) is 25.2 Å². The first kappa shape index (κ1) is 19.7. The lowest BCUT2D eigenvalue weighted by molar-refractivity contribution is 0.102. The number of aromatic nitrogens is 1. The number of hydrogen-bond acceptors (Lipinski definition) is 6. The van der Waals surface area contributed by atoms with Crippen LogP contribution in [0.1, 0.15) is 29.1 Å². The van der Waals surface area contributed by atoms with Gasteiger partial charge in [0.25, 0.3) is 5.91 Å². The number of amides is 1. The second-order valence-corrected chi connectivity index (χ2v) is 10.1. The van der Waals surface area contributed by atoms with Crippen LogP contribution < -0.4 is 10.0 Å². The summed E-state index contributed by atoms with van der Waals surface area (Å²) in [6.07, 6.45) is 0. The van der Waals surface area contributed by atoms with Crippen LogP contribution in [0.4, 0.5) is 5.13 Å². The summed E-state index contributed by atoms with van der Waals surface area (Å²) in [7, 11) is -3.58. The number of sulfonamides is 1. The number of thiazole rings is 1. The molecule has 6 nitrogen and oxygen atoms in total. The first-order valence-electron chi connectivity index (χ1n) is 8.21. The fraction of sp³-hybridized carbons (Fsp3) is 0.222.